The molecule has 1 saturated carbocycles. The molecular formula is C32H36F2N2O5. The molecule has 1 aliphatic heterocycles. The van der Waals surface area contributed by atoms with E-state index in [0.717, 1.165) is 11.1 Å². The topological polar surface area (TPSA) is 103 Å². The van der Waals surface area contributed by atoms with E-state index in [4.69, 9.17) is 14.9 Å². The summed E-state index contributed by atoms with van der Waals surface area (Å²) in [5, 5.41) is 0.677. The molecule has 2 fully saturated rings. The molecule has 0 spiro atoms. The summed E-state index contributed by atoms with van der Waals surface area (Å²) in [5.41, 5.74) is 7.98. The van der Waals surface area contributed by atoms with Crippen molar-refractivity contribution in [3.63, 3.8) is 0 Å². The molecule has 1 saturated heterocycles. The van der Waals surface area contributed by atoms with Gasteiger partial charge in [0.25, 0.3) is 0 Å². The third-order valence-corrected chi connectivity index (χ3v) is 8.65. The number of halogens is 2. The molecule has 0 bridgehead atoms. The number of furan rings is 1. The van der Waals surface area contributed by atoms with Crippen LogP contribution in [-0.4, -0.2) is 54.5 Å². The minimum Gasteiger partial charge on any atom is -0.460 e. The second-order valence-electron chi connectivity index (χ2n) is 11.2. The zero-order valence-electron chi connectivity index (χ0n) is 23.2. The first-order chi connectivity index (χ1) is 19.8. The van der Waals surface area contributed by atoms with E-state index in [2.05, 4.69) is 0 Å². The van der Waals surface area contributed by atoms with Crippen molar-refractivity contribution in [2.24, 2.45) is 17.6 Å². The fourth-order valence-corrected chi connectivity index (χ4v) is 6.46. The van der Waals surface area contributed by atoms with Crippen LogP contribution in [-0.2, 0) is 20.7 Å². The van der Waals surface area contributed by atoms with Crippen molar-refractivity contribution in [2.45, 2.75) is 63.5 Å². The number of fused-ring (bicyclic) bond motifs is 1. The summed E-state index contributed by atoms with van der Waals surface area (Å²) in [7, 11) is 0. The molecule has 2 heterocycles. The molecule has 1 amide bonds. The fraction of sp³-hybridized carbons (Fsp3) is 0.469. The Morgan fingerprint density at radius 3 is 2.46 bits per heavy atom. The number of carbonyl (C=O) groups excluding carboxylic acids is 3. The molecule has 5 rings (SSSR count). The number of hydrogen-bond donors (Lipinski definition) is 1. The van der Waals surface area contributed by atoms with Crippen LogP contribution in [0.5, 0.6) is 0 Å². The number of rotatable bonds is 9. The van der Waals surface area contributed by atoms with Crippen molar-refractivity contribution in [3.8, 4) is 0 Å². The molecule has 1 aliphatic carbocycles. The molecule has 218 valence electrons. The number of nitrogens with zero attached hydrogens (tertiary/aromatic N) is 1. The molecule has 7 nitrogen and oxygen atoms in total. The number of ketones is 1. The SMILES string of the molecule is CCOC(=O)c1cc2cc(CC(=O)[C@@H]3[C@H](c4ccc(F)cc4)CCN3C(=O)C3CCC(C(N)CF)CC3)ccc2o1. The monoisotopic (exact) mass is 566 g/mol. The molecule has 3 aromatic rings. The van der Waals surface area contributed by atoms with Gasteiger partial charge in [-0.15, -0.1) is 0 Å². The van der Waals surface area contributed by atoms with Crippen molar-refractivity contribution in [1.82, 2.24) is 4.90 Å². The Morgan fingerprint density at radius 1 is 1.05 bits per heavy atom. The number of hydrogen-bond acceptors (Lipinski definition) is 6. The quantitative estimate of drug-likeness (QED) is 0.351. The van der Waals surface area contributed by atoms with Crippen LogP contribution in [0.4, 0.5) is 8.78 Å². The van der Waals surface area contributed by atoms with Gasteiger partial charge >= 0.3 is 5.97 Å². The average molecular weight is 567 g/mol. The number of likely N-dealkylation sites (tertiary alicyclic amines) is 1. The number of nitrogens with two attached hydrogens (primary N) is 1. The minimum atomic E-state index is -0.686. The Kier molecular flexibility index (Phi) is 8.82. The van der Waals surface area contributed by atoms with Crippen LogP contribution in [0, 0.1) is 17.7 Å². The number of amides is 1. The molecule has 1 unspecified atom stereocenters. The molecule has 3 atom stereocenters. The van der Waals surface area contributed by atoms with Crippen LogP contribution >= 0.6 is 0 Å². The highest BCUT2D eigenvalue weighted by atomic mass is 19.1. The van der Waals surface area contributed by atoms with Gasteiger partial charge in [-0.2, -0.15) is 0 Å². The summed E-state index contributed by atoms with van der Waals surface area (Å²) in [4.78, 5) is 41.5. The Bertz CT molecular complexity index is 1400. The van der Waals surface area contributed by atoms with E-state index < -0.39 is 24.7 Å². The van der Waals surface area contributed by atoms with Crippen LogP contribution in [0.15, 0.2) is 52.9 Å². The van der Waals surface area contributed by atoms with E-state index in [1.165, 1.54) is 12.1 Å². The molecule has 9 heteroatoms. The maximum atomic E-state index is 14.0. The summed E-state index contributed by atoms with van der Waals surface area (Å²) in [6, 6.07) is 11.8. The largest absolute Gasteiger partial charge is 0.460 e. The van der Waals surface area contributed by atoms with Gasteiger partial charge in [0.15, 0.2) is 5.78 Å². The lowest BCUT2D eigenvalue weighted by atomic mass is 9.78. The van der Waals surface area contributed by atoms with Crippen LogP contribution in [0.3, 0.4) is 0 Å². The van der Waals surface area contributed by atoms with Crippen molar-refractivity contribution < 1.29 is 32.3 Å². The fourth-order valence-electron chi connectivity index (χ4n) is 6.46. The molecule has 0 radical (unpaired) electrons. The Labute approximate surface area is 238 Å². The predicted octanol–water partition coefficient (Wildman–Crippen LogP) is 5.35. The third-order valence-electron chi connectivity index (χ3n) is 8.65. The number of carbonyl (C=O) groups is 3. The number of alkyl halides is 1. The van der Waals surface area contributed by atoms with E-state index in [0.29, 0.717) is 49.6 Å². The Hall–Kier alpha value is -3.59. The highest BCUT2D eigenvalue weighted by Gasteiger charge is 2.44. The summed E-state index contributed by atoms with van der Waals surface area (Å²) >= 11 is 0. The summed E-state index contributed by atoms with van der Waals surface area (Å²) in [6.07, 6.45) is 3.30. The van der Waals surface area contributed by atoms with E-state index in [1.807, 2.05) is 6.07 Å². The van der Waals surface area contributed by atoms with Crippen molar-refractivity contribution in [1.29, 1.82) is 0 Å². The molecule has 2 aliphatic rings. The van der Waals surface area contributed by atoms with Crippen LogP contribution < -0.4 is 5.73 Å². The Morgan fingerprint density at radius 2 is 1.78 bits per heavy atom. The first-order valence-electron chi connectivity index (χ1n) is 14.4. The van der Waals surface area contributed by atoms with Crippen molar-refractivity contribution in [2.75, 3.05) is 19.8 Å². The molecule has 41 heavy (non-hydrogen) atoms. The van der Waals surface area contributed by atoms with Gasteiger partial charge in [0.05, 0.1) is 12.6 Å². The molecular weight excluding hydrogens is 530 g/mol. The molecule has 2 aromatic carbocycles. The Balaban J connectivity index is 1.37. The standard InChI is InChI=1S/C32H36F2N2O5/c1-2-40-32(39)29-17-23-15-19(3-12-28(23)41-29)16-27(37)30-25(20-8-10-24(34)11-9-20)13-14-36(30)31(38)22-6-4-21(5-7-22)26(35)18-33/h3,8-12,15,17,21-22,25-26,30H,2,4-7,13-14,16,18,35H2,1H3/t21?,22?,25-,26?,30-/m0/s1. The second-order valence-corrected chi connectivity index (χ2v) is 11.2. The van der Waals surface area contributed by atoms with Gasteiger partial charge in [0.2, 0.25) is 11.7 Å². The zero-order valence-corrected chi connectivity index (χ0v) is 23.2. The van der Waals surface area contributed by atoms with Gasteiger partial charge in [0.1, 0.15) is 18.1 Å². The van der Waals surface area contributed by atoms with Crippen LogP contribution in [0.1, 0.15) is 66.6 Å². The number of benzene rings is 2. The summed E-state index contributed by atoms with van der Waals surface area (Å²) in [5.74, 6) is -1.40. The normalized spacial score (nSPS) is 23.5. The van der Waals surface area contributed by atoms with Gasteiger partial charge in [-0.05, 0) is 86.4 Å². The van der Waals surface area contributed by atoms with Gasteiger partial charge < -0.3 is 19.8 Å². The van der Waals surface area contributed by atoms with Crippen LogP contribution in [0.2, 0.25) is 0 Å². The number of ether oxygens (including phenoxy) is 1. The highest BCUT2D eigenvalue weighted by molar-refractivity contribution is 5.95. The zero-order chi connectivity index (χ0) is 29.1. The van der Waals surface area contributed by atoms with E-state index in [-0.39, 0.29) is 54.0 Å². The average Bonchev–Trinajstić information content (AvgIpc) is 3.62. The smallest absolute Gasteiger partial charge is 0.374 e. The predicted molar refractivity (Wildman–Crippen MR) is 150 cm³/mol. The van der Waals surface area contributed by atoms with Gasteiger partial charge in [0, 0.05) is 36.2 Å². The second kappa shape index (κ2) is 12.5. The van der Waals surface area contributed by atoms with Gasteiger partial charge in [-0.1, -0.05) is 18.2 Å². The van der Waals surface area contributed by atoms with E-state index in [1.54, 1.807) is 42.2 Å². The van der Waals surface area contributed by atoms with Crippen LogP contribution in [0.25, 0.3) is 11.0 Å². The van der Waals surface area contributed by atoms with E-state index in [9.17, 15) is 23.2 Å². The number of esters is 1. The highest BCUT2D eigenvalue weighted by Crippen LogP contribution is 2.39. The third kappa shape index (κ3) is 6.20. The maximum absolute atomic E-state index is 14.0. The maximum Gasteiger partial charge on any atom is 0.374 e. The summed E-state index contributed by atoms with van der Waals surface area (Å²) in [6.45, 7) is 1.81. The lowest BCUT2D eigenvalue weighted by molar-refractivity contribution is -0.142. The minimum absolute atomic E-state index is 0.0513. The van der Waals surface area contributed by atoms with Crippen molar-refractivity contribution in [3.05, 3.63) is 71.2 Å². The number of Topliss-reactive ketones (excluding diaryl/α,β-unsaturated/α-hetero) is 1. The molecule has 1 aromatic heterocycles. The first-order valence-corrected chi connectivity index (χ1v) is 14.4. The van der Waals surface area contributed by atoms with Gasteiger partial charge in [-0.25, -0.2) is 13.6 Å². The lowest BCUT2D eigenvalue weighted by Crippen LogP contribution is -2.47. The molecule has 2 N–H and O–H groups in total. The van der Waals surface area contributed by atoms with E-state index >= 15 is 0 Å². The lowest BCUT2D eigenvalue weighted by Gasteiger charge is -2.35. The van der Waals surface area contributed by atoms with Crippen molar-refractivity contribution >= 4 is 28.6 Å². The first kappa shape index (κ1) is 28.9. The van der Waals surface area contributed by atoms with Gasteiger partial charge in [-0.3, -0.25) is 9.59 Å². The summed E-state index contributed by atoms with van der Waals surface area (Å²) < 4.78 is 37.4.